The molecule has 0 N–H and O–H groups in total. The molecule has 128 valence electrons. The quantitative estimate of drug-likeness (QED) is 0.850. The van der Waals surface area contributed by atoms with E-state index in [-0.39, 0.29) is 31.0 Å². The normalized spacial score (nSPS) is 25.9. The van der Waals surface area contributed by atoms with Crippen molar-refractivity contribution in [3.05, 3.63) is 24.2 Å². The number of piperidine rings is 1. The second-order valence-electron chi connectivity index (χ2n) is 6.34. The molecule has 23 heavy (non-hydrogen) atoms. The molecule has 0 saturated carbocycles. The van der Waals surface area contributed by atoms with Crippen molar-refractivity contribution in [2.45, 2.75) is 37.3 Å². The van der Waals surface area contributed by atoms with Gasteiger partial charge in [0.05, 0.1) is 19.4 Å². The van der Waals surface area contributed by atoms with Crippen molar-refractivity contribution in [3.8, 4) is 0 Å². The molecule has 2 fully saturated rings. The van der Waals surface area contributed by atoms with Crippen LogP contribution in [0.2, 0.25) is 0 Å². The third-order valence-corrected chi connectivity index (χ3v) is 4.73. The van der Waals surface area contributed by atoms with E-state index < -0.39 is 5.92 Å². The Bertz CT molecular complexity index is 527. The van der Waals surface area contributed by atoms with Crippen LogP contribution in [0.4, 0.5) is 8.78 Å². The molecule has 2 saturated heterocycles. The number of carbonyl (C=O) groups excluding carboxylic acids is 1. The van der Waals surface area contributed by atoms with Crippen LogP contribution in [0.1, 0.15) is 29.8 Å². The predicted molar refractivity (Wildman–Crippen MR) is 79.6 cm³/mol. The molecule has 0 spiro atoms. The average Bonchev–Trinajstić information content (AvgIpc) is 3.15. The Kier molecular flexibility index (Phi) is 4.68. The van der Waals surface area contributed by atoms with Crippen molar-refractivity contribution >= 4 is 5.91 Å². The van der Waals surface area contributed by atoms with Gasteiger partial charge in [0.2, 0.25) is 0 Å². The number of methoxy groups -OCH3 is 1. The van der Waals surface area contributed by atoms with E-state index in [0.717, 1.165) is 0 Å². The zero-order valence-corrected chi connectivity index (χ0v) is 13.2. The number of halogens is 2. The zero-order valence-electron chi connectivity index (χ0n) is 13.2. The monoisotopic (exact) mass is 328 g/mol. The van der Waals surface area contributed by atoms with Crippen LogP contribution in [0.5, 0.6) is 0 Å². The second kappa shape index (κ2) is 6.57. The molecule has 7 heteroatoms. The van der Waals surface area contributed by atoms with Gasteiger partial charge in [0.15, 0.2) is 5.76 Å². The van der Waals surface area contributed by atoms with E-state index in [2.05, 4.69) is 0 Å². The SMILES string of the molecule is COC[C@@H]1CC(F)(F)CN1C1CCN(C(=O)c2ccco2)CC1. The lowest BCUT2D eigenvalue weighted by Crippen LogP contribution is -2.49. The first-order chi connectivity index (χ1) is 11.0. The molecule has 0 aromatic carbocycles. The van der Waals surface area contributed by atoms with Gasteiger partial charge in [-0.05, 0) is 25.0 Å². The Balaban J connectivity index is 1.59. The van der Waals surface area contributed by atoms with E-state index in [9.17, 15) is 13.6 Å². The first-order valence-corrected chi connectivity index (χ1v) is 7.95. The molecule has 3 heterocycles. The molecule has 3 rings (SSSR count). The summed E-state index contributed by atoms with van der Waals surface area (Å²) in [4.78, 5) is 15.8. The number of likely N-dealkylation sites (tertiary alicyclic amines) is 2. The van der Waals surface area contributed by atoms with Crippen LogP contribution in [0.3, 0.4) is 0 Å². The molecular formula is C16H22F2N2O3. The number of alkyl halides is 2. The summed E-state index contributed by atoms with van der Waals surface area (Å²) in [5.74, 6) is -2.45. The van der Waals surface area contributed by atoms with Crippen LogP contribution in [0.15, 0.2) is 22.8 Å². The van der Waals surface area contributed by atoms with Crippen LogP contribution < -0.4 is 0 Å². The van der Waals surface area contributed by atoms with Crippen molar-refractivity contribution in [2.75, 3.05) is 33.4 Å². The fourth-order valence-electron chi connectivity index (χ4n) is 3.65. The lowest BCUT2D eigenvalue weighted by Gasteiger charge is -2.38. The highest BCUT2D eigenvalue weighted by Crippen LogP contribution is 2.35. The largest absolute Gasteiger partial charge is 0.459 e. The maximum Gasteiger partial charge on any atom is 0.289 e. The number of furan rings is 1. The molecule has 1 atom stereocenters. The minimum Gasteiger partial charge on any atom is -0.459 e. The van der Waals surface area contributed by atoms with Crippen LogP contribution in [0, 0.1) is 0 Å². The summed E-state index contributed by atoms with van der Waals surface area (Å²) < 4.78 is 37.7. The summed E-state index contributed by atoms with van der Waals surface area (Å²) in [5, 5.41) is 0. The Morgan fingerprint density at radius 2 is 2.17 bits per heavy atom. The summed E-state index contributed by atoms with van der Waals surface area (Å²) >= 11 is 0. The number of rotatable bonds is 4. The van der Waals surface area contributed by atoms with Crippen LogP contribution in [0.25, 0.3) is 0 Å². The van der Waals surface area contributed by atoms with Gasteiger partial charge >= 0.3 is 0 Å². The van der Waals surface area contributed by atoms with Gasteiger partial charge in [-0.2, -0.15) is 0 Å². The molecule has 1 aromatic heterocycles. The van der Waals surface area contributed by atoms with E-state index in [1.807, 2.05) is 4.90 Å². The van der Waals surface area contributed by atoms with E-state index in [1.165, 1.54) is 6.26 Å². The fraction of sp³-hybridized carbons (Fsp3) is 0.688. The number of carbonyl (C=O) groups is 1. The molecule has 2 aliphatic heterocycles. The highest BCUT2D eigenvalue weighted by molar-refractivity contribution is 5.91. The van der Waals surface area contributed by atoms with E-state index in [4.69, 9.17) is 9.15 Å². The highest BCUT2D eigenvalue weighted by atomic mass is 19.3. The van der Waals surface area contributed by atoms with E-state index in [1.54, 1.807) is 24.1 Å². The predicted octanol–water partition coefficient (Wildman–Crippen LogP) is 2.24. The van der Waals surface area contributed by atoms with Gasteiger partial charge in [-0.25, -0.2) is 8.78 Å². The summed E-state index contributed by atoms with van der Waals surface area (Å²) in [6, 6.07) is 3.16. The zero-order chi connectivity index (χ0) is 16.4. The molecule has 1 aromatic rings. The number of hydrogen-bond donors (Lipinski definition) is 0. The Labute approximate surface area is 134 Å². The van der Waals surface area contributed by atoms with E-state index in [0.29, 0.717) is 38.3 Å². The number of ether oxygens (including phenoxy) is 1. The third-order valence-electron chi connectivity index (χ3n) is 4.73. The standard InChI is InChI=1S/C16H22F2N2O3/c1-22-10-13-9-16(17,18)11-20(13)12-4-6-19(7-5-12)15(21)14-3-2-8-23-14/h2-3,8,12-13H,4-7,9-11H2,1H3/t13-/m0/s1. The molecule has 0 bridgehead atoms. The maximum atomic E-state index is 13.7. The summed E-state index contributed by atoms with van der Waals surface area (Å²) in [6.45, 7) is 1.23. The highest BCUT2D eigenvalue weighted by Gasteiger charge is 2.47. The smallest absolute Gasteiger partial charge is 0.289 e. The number of nitrogens with zero attached hydrogens (tertiary/aromatic N) is 2. The summed E-state index contributed by atoms with van der Waals surface area (Å²) in [6.07, 6.45) is 2.72. The minimum absolute atomic E-state index is 0.0733. The molecule has 0 unspecified atom stereocenters. The van der Waals surface area contributed by atoms with Crippen molar-refractivity contribution < 1.29 is 22.7 Å². The minimum atomic E-state index is -2.65. The Hall–Kier alpha value is -1.47. The first kappa shape index (κ1) is 16.4. The fourth-order valence-corrected chi connectivity index (χ4v) is 3.65. The van der Waals surface area contributed by atoms with Crippen molar-refractivity contribution in [2.24, 2.45) is 0 Å². The van der Waals surface area contributed by atoms with Crippen molar-refractivity contribution in [1.29, 1.82) is 0 Å². The molecule has 5 nitrogen and oxygen atoms in total. The maximum absolute atomic E-state index is 13.7. The van der Waals surface area contributed by atoms with Gasteiger partial charge in [-0.1, -0.05) is 0 Å². The topological polar surface area (TPSA) is 45.9 Å². The molecule has 0 aliphatic carbocycles. The van der Waals surface area contributed by atoms with Crippen LogP contribution in [-0.2, 0) is 4.74 Å². The van der Waals surface area contributed by atoms with Crippen molar-refractivity contribution in [3.63, 3.8) is 0 Å². The van der Waals surface area contributed by atoms with Crippen LogP contribution >= 0.6 is 0 Å². The lowest BCUT2D eigenvalue weighted by atomic mass is 10.0. The van der Waals surface area contributed by atoms with Gasteiger partial charge in [0.25, 0.3) is 11.8 Å². The summed E-state index contributed by atoms with van der Waals surface area (Å²) in [7, 11) is 1.54. The number of hydrogen-bond acceptors (Lipinski definition) is 4. The molecule has 2 aliphatic rings. The van der Waals surface area contributed by atoms with Gasteiger partial charge in [0.1, 0.15) is 0 Å². The third kappa shape index (κ3) is 3.55. The molecule has 0 radical (unpaired) electrons. The van der Waals surface area contributed by atoms with Gasteiger partial charge in [-0.3, -0.25) is 9.69 Å². The average molecular weight is 328 g/mol. The first-order valence-electron chi connectivity index (χ1n) is 7.95. The lowest BCUT2D eigenvalue weighted by molar-refractivity contribution is 0.00272. The Morgan fingerprint density at radius 3 is 2.78 bits per heavy atom. The van der Waals surface area contributed by atoms with Gasteiger partial charge in [-0.15, -0.1) is 0 Å². The van der Waals surface area contributed by atoms with E-state index >= 15 is 0 Å². The van der Waals surface area contributed by atoms with Crippen LogP contribution in [-0.4, -0.2) is 67.1 Å². The number of amides is 1. The molecule has 1 amide bonds. The second-order valence-corrected chi connectivity index (χ2v) is 6.34. The van der Waals surface area contributed by atoms with Crippen molar-refractivity contribution in [1.82, 2.24) is 9.80 Å². The van der Waals surface area contributed by atoms with Gasteiger partial charge in [0, 0.05) is 38.7 Å². The summed E-state index contributed by atoms with van der Waals surface area (Å²) in [5.41, 5.74) is 0. The van der Waals surface area contributed by atoms with Gasteiger partial charge < -0.3 is 14.1 Å². The Morgan fingerprint density at radius 1 is 1.43 bits per heavy atom. The molecular weight excluding hydrogens is 306 g/mol.